The van der Waals surface area contributed by atoms with Crippen molar-refractivity contribution in [3.63, 3.8) is 0 Å². The maximum atomic E-state index is 12.1. The van der Waals surface area contributed by atoms with E-state index in [1.54, 1.807) is 0 Å². The summed E-state index contributed by atoms with van der Waals surface area (Å²) in [4.78, 5) is 14.7. The van der Waals surface area contributed by atoms with Crippen molar-refractivity contribution in [3.8, 4) is 0 Å². The molecule has 2 rings (SSSR count). The molecule has 1 saturated heterocycles. The fraction of sp³-hybridized carbons (Fsp3) is 0.941. The molecule has 0 unspecified atom stereocenters. The van der Waals surface area contributed by atoms with Gasteiger partial charge in [-0.1, -0.05) is 19.8 Å². The molecule has 2 fully saturated rings. The van der Waals surface area contributed by atoms with Crippen LogP contribution in [0, 0.1) is 5.92 Å². The van der Waals surface area contributed by atoms with Crippen LogP contribution in [-0.4, -0.2) is 36.1 Å². The molecular weight excluding hydrogens is 250 g/mol. The summed E-state index contributed by atoms with van der Waals surface area (Å²) in [6, 6.07) is 0. The molecule has 0 atom stereocenters. The summed E-state index contributed by atoms with van der Waals surface area (Å²) in [5.41, 5.74) is 0.109. The van der Waals surface area contributed by atoms with E-state index in [0.29, 0.717) is 13.0 Å². The van der Waals surface area contributed by atoms with Gasteiger partial charge in [0, 0.05) is 5.54 Å². The summed E-state index contributed by atoms with van der Waals surface area (Å²) in [6.07, 6.45) is 10.8. The van der Waals surface area contributed by atoms with Crippen molar-refractivity contribution in [2.24, 2.45) is 5.92 Å². The maximum absolute atomic E-state index is 12.1. The number of carbonyl (C=O) groups excluding carboxylic acids is 1. The van der Waals surface area contributed by atoms with E-state index in [-0.39, 0.29) is 11.5 Å². The first-order chi connectivity index (χ1) is 9.70. The van der Waals surface area contributed by atoms with Gasteiger partial charge in [0.2, 0.25) is 0 Å². The molecule has 0 aromatic heterocycles. The number of esters is 1. The largest absolute Gasteiger partial charge is 0.466 e. The minimum Gasteiger partial charge on any atom is -0.466 e. The molecule has 1 heterocycles. The highest BCUT2D eigenvalue weighted by Gasteiger charge is 2.42. The second-order valence-corrected chi connectivity index (χ2v) is 6.61. The van der Waals surface area contributed by atoms with Crippen LogP contribution in [0.15, 0.2) is 0 Å². The highest BCUT2D eigenvalue weighted by Crippen LogP contribution is 2.41. The summed E-state index contributed by atoms with van der Waals surface area (Å²) in [7, 11) is 0. The smallest absolute Gasteiger partial charge is 0.307 e. The van der Waals surface area contributed by atoms with Crippen LogP contribution in [0.1, 0.15) is 71.6 Å². The average Bonchev–Trinajstić information content (AvgIpc) is 2.49. The maximum Gasteiger partial charge on any atom is 0.307 e. The van der Waals surface area contributed by atoms with Crippen LogP contribution in [0.3, 0.4) is 0 Å². The van der Waals surface area contributed by atoms with Gasteiger partial charge in [-0.15, -0.1) is 0 Å². The lowest BCUT2D eigenvalue weighted by atomic mass is 9.72. The molecule has 0 N–H and O–H groups in total. The molecule has 116 valence electrons. The summed E-state index contributed by atoms with van der Waals surface area (Å²) in [5.74, 6) is 0.878. The van der Waals surface area contributed by atoms with Gasteiger partial charge in [0.15, 0.2) is 0 Å². The zero-order valence-corrected chi connectivity index (χ0v) is 13.3. The fourth-order valence-electron chi connectivity index (χ4n) is 4.08. The Hall–Kier alpha value is -0.570. The lowest BCUT2D eigenvalue weighted by Crippen LogP contribution is -2.54. The standard InChI is InChI=1S/C17H31NO2/c1-3-15-8-10-17(11-9-15,14-16(19)20-4-2)18-12-6-5-7-13-18/h15H,3-14H2,1-2H3. The van der Waals surface area contributed by atoms with E-state index in [9.17, 15) is 4.79 Å². The minimum atomic E-state index is 0.00743. The van der Waals surface area contributed by atoms with Crippen molar-refractivity contribution in [2.45, 2.75) is 77.2 Å². The van der Waals surface area contributed by atoms with Crippen LogP contribution in [0.5, 0.6) is 0 Å². The number of likely N-dealkylation sites (tertiary alicyclic amines) is 1. The van der Waals surface area contributed by atoms with Gasteiger partial charge in [-0.2, -0.15) is 0 Å². The van der Waals surface area contributed by atoms with Gasteiger partial charge in [-0.05, 0) is 64.5 Å². The first-order valence-electron chi connectivity index (χ1n) is 8.61. The first kappa shape index (κ1) is 15.8. The Bertz CT molecular complexity index is 302. The molecule has 2 aliphatic rings. The zero-order chi connectivity index (χ0) is 14.4. The number of ether oxygens (including phenoxy) is 1. The van der Waals surface area contributed by atoms with Gasteiger partial charge in [-0.25, -0.2) is 0 Å². The summed E-state index contributed by atoms with van der Waals surface area (Å²) in [6.45, 7) is 7.06. The van der Waals surface area contributed by atoms with Crippen molar-refractivity contribution < 1.29 is 9.53 Å². The Kier molecular flexibility index (Phi) is 5.88. The van der Waals surface area contributed by atoms with Crippen molar-refractivity contribution in [1.29, 1.82) is 0 Å². The van der Waals surface area contributed by atoms with Crippen molar-refractivity contribution in [1.82, 2.24) is 4.90 Å². The van der Waals surface area contributed by atoms with Gasteiger partial charge in [0.25, 0.3) is 0 Å². The van der Waals surface area contributed by atoms with Crippen molar-refractivity contribution in [3.05, 3.63) is 0 Å². The van der Waals surface area contributed by atoms with Crippen LogP contribution in [-0.2, 0) is 9.53 Å². The third-order valence-electron chi connectivity index (χ3n) is 5.42. The quantitative estimate of drug-likeness (QED) is 0.719. The van der Waals surface area contributed by atoms with E-state index in [0.717, 1.165) is 5.92 Å². The second kappa shape index (κ2) is 7.44. The molecule has 0 aromatic carbocycles. The van der Waals surface area contributed by atoms with E-state index in [2.05, 4.69) is 11.8 Å². The minimum absolute atomic E-state index is 0.00743. The lowest BCUT2D eigenvalue weighted by Gasteiger charge is -2.49. The van der Waals surface area contributed by atoms with Gasteiger partial charge in [0.05, 0.1) is 13.0 Å². The van der Waals surface area contributed by atoms with Crippen LogP contribution in [0.25, 0.3) is 0 Å². The molecule has 3 heteroatoms. The predicted octanol–water partition coefficient (Wildman–Crippen LogP) is 3.76. The van der Waals surface area contributed by atoms with Crippen LogP contribution >= 0.6 is 0 Å². The SMILES string of the molecule is CCOC(=O)CC1(N2CCCCC2)CCC(CC)CC1. The molecule has 1 saturated carbocycles. The second-order valence-electron chi connectivity index (χ2n) is 6.61. The molecule has 0 amide bonds. The van der Waals surface area contributed by atoms with Crippen LogP contribution in [0.4, 0.5) is 0 Å². The Morgan fingerprint density at radius 1 is 1.15 bits per heavy atom. The lowest BCUT2D eigenvalue weighted by molar-refractivity contribution is -0.148. The number of hydrogen-bond acceptors (Lipinski definition) is 3. The van der Waals surface area contributed by atoms with E-state index >= 15 is 0 Å². The van der Waals surface area contributed by atoms with Crippen LogP contribution in [0.2, 0.25) is 0 Å². The van der Waals surface area contributed by atoms with E-state index < -0.39 is 0 Å². The topological polar surface area (TPSA) is 29.5 Å². The normalized spacial score (nSPS) is 32.0. The summed E-state index contributed by atoms with van der Waals surface area (Å²) in [5, 5.41) is 0. The molecule has 1 aliphatic carbocycles. The monoisotopic (exact) mass is 281 g/mol. The van der Waals surface area contributed by atoms with Gasteiger partial charge in [-0.3, -0.25) is 9.69 Å². The Labute approximate surface area is 124 Å². The third kappa shape index (κ3) is 3.75. The molecule has 3 nitrogen and oxygen atoms in total. The highest BCUT2D eigenvalue weighted by molar-refractivity contribution is 5.71. The van der Waals surface area contributed by atoms with Gasteiger partial charge >= 0.3 is 5.97 Å². The third-order valence-corrected chi connectivity index (χ3v) is 5.42. The molecule has 0 bridgehead atoms. The van der Waals surface area contributed by atoms with Gasteiger partial charge < -0.3 is 4.74 Å². The molecule has 1 aliphatic heterocycles. The van der Waals surface area contributed by atoms with Crippen molar-refractivity contribution >= 4 is 5.97 Å². The zero-order valence-electron chi connectivity index (χ0n) is 13.3. The number of hydrogen-bond donors (Lipinski definition) is 0. The first-order valence-corrected chi connectivity index (χ1v) is 8.61. The molecule has 0 spiro atoms. The Morgan fingerprint density at radius 2 is 1.80 bits per heavy atom. The number of carbonyl (C=O) groups is 1. The predicted molar refractivity (Wildman–Crippen MR) is 81.7 cm³/mol. The fourth-order valence-corrected chi connectivity index (χ4v) is 4.08. The highest BCUT2D eigenvalue weighted by atomic mass is 16.5. The van der Waals surface area contributed by atoms with E-state index in [1.165, 1.54) is 64.5 Å². The molecular formula is C17H31NO2. The average molecular weight is 281 g/mol. The summed E-state index contributed by atoms with van der Waals surface area (Å²) < 4.78 is 5.25. The number of nitrogens with zero attached hydrogens (tertiary/aromatic N) is 1. The van der Waals surface area contributed by atoms with Gasteiger partial charge in [0.1, 0.15) is 0 Å². The Balaban J connectivity index is 2.04. The van der Waals surface area contributed by atoms with E-state index in [1.807, 2.05) is 6.92 Å². The molecule has 0 radical (unpaired) electrons. The number of rotatable bonds is 5. The van der Waals surface area contributed by atoms with E-state index in [4.69, 9.17) is 4.74 Å². The van der Waals surface area contributed by atoms with Crippen molar-refractivity contribution in [2.75, 3.05) is 19.7 Å². The Morgan fingerprint density at radius 3 is 2.35 bits per heavy atom. The van der Waals surface area contributed by atoms with Crippen LogP contribution < -0.4 is 0 Å². The number of piperidine rings is 1. The summed E-state index contributed by atoms with van der Waals surface area (Å²) >= 11 is 0. The molecule has 20 heavy (non-hydrogen) atoms. The molecule has 0 aromatic rings.